The van der Waals surface area contributed by atoms with E-state index in [-0.39, 0.29) is 18.5 Å². The van der Waals surface area contributed by atoms with Crippen LogP contribution in [0.3, 0.4) is 0 Å². The smallest absolute Gasteiger partial charge is 0.305 e. The number of carbonyl (C=O) groups is 2. The molecule has 0 aliphatic carbocycles. The number of carbonyl (C=O) groups excluding carboxylic acids is 2. The van der Waals surface area contributed by atoms with Crippen LogP contribution in [0.5, 0.6) is 0 Å². The molecule has 0 aromatic heterocycles. The number of amides is 1. The highest BCUT2D eigenvalue weighted by molar-refractivity contribution is 5.76. The van der Waals surface area contributed by atoms with Gasteiger partial charge in [-0.2, -0.15) is 0 Å². The zero-order chi connectivity index (χ0) is 57.1. The molecule has 0 aromatic carbocycles. The Morgan fingerprint density at radius 2 is 0.608 bits per heavy atom. The number of unbranched alkanes of at least 4 members (excludes halogenated alkanes) is 56. The molecule has 0 heterocycles. The minimum Gasteiger partial charge on any atom is -0.466 e. The molecule has 0 spiro atoms. The van der Waals surface area contributed by atoms with Crippen LogP contribution in [0.25, 0.3) is 0 Å². The van der Waals surface area contributed by atoms with E-state index in [1.54, 1.807) is 0 Å². The summed E-state index contributed by atoms with van der Waals surface area (Å²) in [5.74, 6) is -0.0187. The number of aliphatic hydroxyl groups is 2. The molecule has 0 saturated carbocycles. The topological polar surface area (TPSA) is 95.9 Å². The van der Waals surface area contributed by atoms with Crippen molar-refractivity contribution in [3.63, 3.8) is 0 Å². The van der Waals surface area contributed by atoms with Gasteiger partial charge < -0.3 is 20.3 Å². The summed E-state index contributed by atoms with van der Waals surface area (Å²) in [6.45, 7) is 4.96. The second kappa shape index (κ2) is 69.1. The zero-order valence-corrected chi connectivity index (χ0v) is 53.9. The number of rotatable bonds is 69. The molecule has 470 valence electrons. The molecule has 0 fully saturated rings. The summed E-state index contributed by atoms with van der Waals surface area (Å²) < 4.78 is 5.47. The van der Waals surface area contributed by atoms with Gasteiger partial charge in [-0.25, -0.2) is 0 Å². The van der Waals surface area contributed by atoms with Crippen molar-refractivity contribution >= 4 is 11.9 Å². The van der Waals surface area contributed by atoms with Crippen molar-refractivity contribution in [3.05, 3.63) is 12.2 Å². The average Bonchev–Trinajstić information content (AvgIpc) is 3.45. The maximum Gasteiger partial charge on any atom is 0.305 e. The van der Waals surface area contributed by atoms with E-state index in [0.717, 1.165) is 44.9 Å². The molecule has 0 aliphatic rings. The molecule has 0 rings (SSSR count). The average molecular weight is 1110 g/mol. The fourth-order valence-corrected chi connectivity index (χ4v) is 11.7. The van der Waals surface area contributed by atoms with Crippen LogP contribution in [-0.2, 0) is 14.3 Å². The molecule has 6 heteroatoms. The first-order valence-electron chi connectivity index (χ1n) is 36.4. The van der Waals surface area contributed by atoms with Crippen molar-refractivity contribution in [2.75, 3.05) is 13.2 Å². The lowest BCUT2D eigenvalue weighted by atomic mass is 10.0. The van der Waals surface area contributed by atoms with Crippen molar-refractivity contribution in [3.8, 4) is 0 Å². The summed E-state index contributed by atoms with van der Waals surface area (Å²) in [6.07, 6.45) is 85.6. The highest BCUT2D eigenvalue weighted by Gasteiger charge is 2.20. The Kier molecular flexibility index (Phi) is 67.9. The number of esters is 1. The first-order valence-corrected chi connectivity index (χ1v) is 36.4. The Morgan fingerprint density at radius 1 is 0.342 bits per heavy atom. The molecule has 3 N–H and O–H groups in total. The van der Waals surface area contributed by atoms with Crippen LogP contribution in [-0.4, -0.2) is 47.4 Å². The van der Waals surface area contributed by atoms with Crippen LogP contribution in [0.4, 0.5) is 0 Å². The monoisotopic (exact) mass is 1110 g/mol. The molecule has 6 nitrogen and oxygen atoms in total. The molecule has 2 atom stereocenters. The normalized spacial score (nSPS) is 12.5. The minimum absolute atomic E-state index is 0.00800. The van der Waals surface area contributed by atoms with Crippen LogP contribution in [0.1, 0.15) is 418 Å². The first-order chi connectivity index (χ1) is 39.0. The summed E-state index contributed by atoms with van der Waals surface area (Å²) in [6, 6.07) is -0.540. The maximum absolute atomic E-state index is 12.6. The van der Waals surface area contributed by atoms with E-state index in [2.05, 4.69) is 31.3 Å². The van der Waals surface area contributed by atoms with E-state index < -0.39 is 12.1 Å². The molecular formula is C73H143NO5. The van der Waals surface area contributed by atoms with Crippen LogP contribution < -0.4 is 5.32 Å². The van der Waals surface area contributed by atoms with E-state index in [1.165, 1.54) is 340 Å². The van der Waals surface area contributed by atoms with Crippen LogP contribution >= 0.6 is 0 Å². The van der Waals surface area contributed by atoms with Crippen LogP contribution in [0.15, 0.2) is 12.2 Å². The number of allylic oxidation sites excluding steroid dienone is 2. The molecular weight excluding hydrogens is 971 g/mol. The van der Waals surface area contributed by atoms with Crippen molar-refractivity contribution in [2.24, 2.45) is 0 Å². The number of ether oxygens (including phenoxy) is 1. The number of aliphatic hydroxyl groups excluding tert-OH is 2. The van der Waals surface area contributed by atoms with Crippen LogP contribution in [0, 0.1) is 0 Å². The second-order valence-corrected chi connectivity index (χ2v) is 25.3. The highest BCUT2D eigenvalue weighted by atomic mass is 16.5. The Morgan fingerprint density at radius 3 is 0.937 bits per heavy atom. The fourth-order valence-electron chi connectivity index (χ4n) is 11.7. The second-order valence-electron chi connectivity index (χ2n) is 25.3. The van der Waals surface area contributed by atoms with Gasteiger partial charge in [-0.05, 0) is 44.9 Å². The predicted octanol–water partition coefficient (Wildman–Crippen LogP) is 23.5. The first kappa shape index (κ1) is 77.6. The largest absolute Gasteiger partial charge is 0.466 e. The van der Waals surface area contributed by atoms with Gasteiger partial charge in [0.1, 0.15) is 0 Å². The van der Waals surface area contributed by atoms with E-state index in [9.17, 15) is 19.8 Å². The Bertz CT molecular complexity index is 1190. The lowest BCUT2D eigenvalue weighted by Gasteiger charge is -2.22. The van der Waals surface area contributed by atoms with E-state index >= 15 is 0 Å². The predicted molar refractivity (Wildman–Crippen MR) is 347 cm³/mol. The third-order valence-electron chi connectivity index (χ3n) is 17.3. The third-order valence-corrected chi connectivity index (χ3v) is 17.3. The van der Waals surface area contributed by atoms with Crippen molar-refractivity contribution in [1.29, 1.82) is 0 Å². The standard InChI is InChI=1S/C73H143NO5/c1-3-5-7-9-11-13-15-16-17-18-19-20-21-27-30-33-36-39-42-46-49-53-57-61-65-71(76)70(69-75)74-72(77)66-62-58-54-50-47-43-40-37-34-31-28-25-23-22-24-26-29-32-35-38-41-44-48-52-56-60-64-68-79-73(78)67-63-59-55-51-45-14-12-10-8-6-4-2/h10,12,70-71,75-76H,3-9,11,13-69H2,1-2H3,(H,74,77)/b12-10-. The summed E-state index contributed by atoms with van der Waals surface area (Å²) in [4.78, 5) is 24.6. The van der Waals surface area contributed by atoms with Gasteiger partial charge >= 0.3 is 5.97 Å². The van der Waals surface area contributed by atoms with Gasteiger partial charge in [0.15, 0.2) is 0 Å². The van der Waals surface area contributed by atoms with Gasteiger partial charge in [-0.1, -0.05) is 373 Å². The molecule has 0 bridgehead atoms. The van der Waals surface area contributed by atoms with Gasteiger partial charge in [-0.15, -0.1) is 0 Å². The SMILES string of the molecule is CCCC/C=C\CCCCCCCC(=O)OCCCCCCCCCCCCCCCCCCCCCCCCCCCCCC(=O)NC(CO)C(O)CCCCCCCCCCCCCCCCCCCCCCCCCC. The molecule has 1 amide bonds. The number of hydrogen-bond donors (Lipinski definition) is 3. The molecule has 0 aromatic rings. The lowest BCUT2D eigenvalue weighted by molar-refractivity contribution is -0.143. The summed E-state index contributed by atoms with van der Waals surface area (Å²) in [5.41, 5.74) is 0. The molecule has 0 saturated heterocycles. The van der Waals surface area contributed by atoms with E-state index in [4.69, 9.17) is 4.74 Å². The Hall–Kier alpha value is -1.40. The minimum atomic E-state index is -0.663. The van der Waals surface area contributed by atoms with Gasteiger partial charge in [0.25, 0.3) is 0 Å². The fraction of sp³-hybridized carbons (Fsp3) is 0.945. The Balaban J connectivity index is 3.35. The van der Waals surface area contributed by atoms with Gasteiger partial charge in [0.2, 0.25) is 5.91 Å². The van der Waals surface area contributed by atoms with Crippen molar-refractivity contribution < 1.29 is 24.5 Å². The number of hydrogen-bond acceptors (Lipinski definition) is 5. The van der Waals surface area contributed by atoms with Crippen molar-refractivity contribution in [2.45, 2.75) is 431 Å². The molecule has 0 radical (unpaired) electrons. The summed E-state index contributed by atoms with van der Waals surface area (Å²) in [7, 11) is 0. The maximum atomic E-state index is 12.6. The van der Waals surface area contributed by atoms with Crippen LogP contribution in [0.2, 0.25) is 0 Å². The highest BCUT2D eigenvalue weighted by Crippen LogP contribution is 2.20. The van der Waals surface area contributed by atoms with Gasteiger partial charge in [0, 0.05) is 12.8 Å². The quantitative estimate of drug-likeness (QED) is 0.0320. The van der Waals surface area contributed by atoms with Gasteiger partial charge in [-0.3, -0.25) is 9.59 Å². The molecule has 79 heavy (non-hydrogen) atoms. The molecule has 2 unspecified atom stereocenters. The van der Waals surface area contributed by atoms with E-state index in [1.807, 2.05) is 0 Å². The van der Waals surface area contributed by atoms with Crippen molar-refractivity contribution in [1.82, 2.24) is 5.32 Å². The third kappa shape index (κ3) is 65.6. The molecule has 0 aliphatic heterocycles. The van der Waals surface area contributed by atoms with Gasteiger partial charge in [0.05, 0.1) is 25.4 Å². The summed E-state index contributed by atoms with van der Waals surface area (Å²) in [5, 5.41) is 23.5. The van der Waals surface area contributed by atoms with E-state index in [0.29, 0.717) is 25.9 Å². The number of nitrogens with one attached hydrogen (secondary N) is 1. The summed E-state index contributed by atoms with van der Waals surface area (Å²) >= 11 is 0. The lowest BCUT2D eigenvalue weighted by Crippen LogP contribution is -2.45. The Labute approximate surface area is 495 Å². The zero-order valence-electron chi connectivity index (χ0n) is 53.9.